The summed E-state index contributed by atoms with van der Waals surface area (Å²) in [6.07, 6.45) is 2.46. The minimum absolute atomic E-state index is 0. The lowest BCUT2D eigenvalue weighted by Gasteiger charge is -2.24. The number of likely N-dealkylation sites (N-methyl/N-ethyl adjacent to an activating group) is 1. The lowest BCUT2D eigenvalue weighted by molar-refractivity contribution is 0.267. The van der Waals surface area contributed by atoms with Crippen LogP contribution in [0.4, 0.5) is 0 Å². The summed E-state index contributed by atoms with van der Waals surface area (Å²) < 4.78 is 26.2. The number of guanidine groups is 1. The quantitative estimate of drug-likeness (QED) is 0.283. The van der Waals surface area contributed by atoms with Gasteiger partial charge in [0, 0.05) is 19.1 Å². The van der Waals surface area contributed by atoms with Crippen molar-refractivity contribution in [2.45, 2.75) is 44.2 Å². The van der Waals surface area contributed by atoms with Gasteiger partial charge in [0.05, 0.1) is 11.4 Å². The number of sulfonamides is 1. The number of benzene rings is 1. The summed E-state index contributed by atoms with van der Waals surface area (Å²) in [6, 6.07) is 7.43. The molecule has 1 atom stereocenters. The fraction of sp³-hybridized carbons (Fsp3) is 0.611. The van der Waals surface area contributed by atoms with Gasteiger partial charge in [-0.05, 0) is 57.6 Å². The summed E-state index contributed by atoms with van der Waals surface area (Å²) in [5, 5.41) is 6.68. The SMILES string of the molecule is CCNC(=NCc1cccc(S(=O)(=O)NC)c1)NCC1CCCN1CC.I. The van der Waals surface area contributed by atoms with E-state index in [0.29, 0.717) is 12.6 Å². The molecule has 154 valence electrons. The monoisotopic (exact) mass is 509 g/mol. The van der Waals surface area contributed by atoms with Gasteiger partial charge in [-0.3, -0.25) is 4.90 Å². The standard InChI is InChI=1S/C18H31N5O2S.HI/c1-4-20-18(22-14-16-9-7-11-23(16)5-2)21-13-15-8-6-10-17(12-15)26(24,25)19-3;/h6,8,10,12,16,19H,4-5,7,9,11,13-14H2,1-3H3,(H2,20,21,22);1H. The van der Waals surface area contributed by atoms with Crippen molar-refractivity contribution in [2.24, 2.45) is 4.99 Å². The van der Waals surface area contributed by atoms with Gasteiger partial charge in [0.2, 0.25) is 10.0 Å². The molecule has 1 aliphatic rings. The second kappa shape index (κ2) is 11.8. The van der Waals surface area contributed by atoms with E-state index in [1.807, 2.05) is 13.0 Å². The molecule has 0 saturated carbocycles. The van der Waals surface area contributed by atoms with E-state index in [4.69, 9.17) is 0 Å². The molecule has 1 aromatic carbocycles. The van der Waals surface area contributed by atoms with E-state index in [9.17, 15) is 8.42 Å². The fourth-order valence-corrected chi connectivity index (χ4v) is 4.00. The molecule has 7 nitrogen and oxygen atoms in total. The highest BCUT2D eigenvalue weighted by molar-refractivity contribution is 14.0. The third-order valence-electron chi connectivity index (χ3n) is 4.65. The van der Waals surface area contributed by atoms with Gasteiger partial charge in [-0.25, -0.2) is 18.1 Å². The van der Waals surface area contributed by atoms with Crippen molar-refractivity contribution in [3.63, 3.8) is 0 Å². The molecule has 2 rings (SSSR count). The number of nitrogens with one attached hydrogen (secondary N) is 3. The summed E-state index contributed by atoms with van der Waals surface area (Å²) in [6.45, 7) is 8.55. The maximum absolute atomic E-state index is 11.9. The van der Waals surface area contributed by atoms with Crippen LogP contribution in [0.2, 0.25) is 0 Å². The smallest absolute Gasteiger partial charge is 0.240 e. The number of rotatable bonds is 8. The summed E-state index contributed by atoms with van der Waals surface area (Å²) >= 11 is 0. The molecule has 1 fully saturated rings. The van der Waals surface area contributed by atoms with Crippen LogP contribution in [0.15, 0.2) is 34.2 Å². The average Bonchev–Trinajstić information content (AvgIpc) is 3.11. The molecule has 0 aliphatic carbocycles. The lowest BCUT2D eigenvalue weighted by atomic mass is 10.2. The summed E-state index contributed by atoms with van der Waals surface area (Å²) in [5.74, 6) is 0.761. The molecule has 1 heterocycles. The number of halogens is 1. The maximum atomic E-state index is 11.9. The Labute approximate surface area is 180 Å². The van der Waals surface area contributed by atoms with Crippen molar-refractivity contribution in [1.29, 1.82) is 0 Å². The first-order valence-corrected chi connectivity index (χ1v) is 10.8. The Morgan fingerprint density at radius 2 is 2.07 bits per heavy atom. The van der Waals surface area contributed by atoms with E-state index < -0.39 is 10.0 Å². The van der Waals surface area contributed by atoms with E-state index in [2.05, 4.69) is 32.2 Å². The van der Waals surface area contributed by atoms with Gasteiger partial charge in [-0.1, -0.05) is 19.1 Å². The van der Waals surface area contributed by atoms with Crippen molar-refractivity contribution in [3.8, 4) is 0 Å². The minimum Gasteiger partial charge on any atom is -0.357 e. The van der Waals surface area contributed by atoms with Crippen LogP contribution in [0, 0.1) is 0 Å². The average molecular weight is 509 g/mol. The Bertz CT molecular complexity index is 711. The zero-order chi connectivity index (χ0) is 19.0. The van der Waals surface area contributed by atoms with Crippen LogP contribution in [0.1, 0.15) is 32.3 Å². The zero-order valence-corrected chi connectivity index (χ0v) is 19.5. The second-order valence-electron chi connectivity index (χ2n) is 6.36. The van der Waals surface area contributed by atoms with E-state index in [1.54, 1.807) is 18.2 Å². The number of hydrogen-bond donors (Lipinski definition) is 3. The highest BCUT2D eigenvalue weighted by atomic mass is 127. The number of likely N-dealkylation sites (tertiary alicyclic amines) is 1. The first-order valence-electron chi connectivity index (χ1n) is 9.28. The first kappa shape index (κ1) is 24.1. The molecule has 9 heteroatoms. The van der Waals surface area contributed by atoms with Crippen molar-refractivity contribution in [1.82, 2.24) is 20.3 Å². The molecule has 1 saturated heterocycles. The maximum Gasteiger partial charge on any atom is 0.240 e. The first-order chi connectivity index (χ1) is 12.5. The third-order valence-corrected chi connectivity index (χ3v) is 6.06. The predicted octanol–water partition coefficient (Wildman–Crippen LogP) is 1.75. The van der Waals surface area contributed by atoms with Gasteiger partial charge < -0.3 is 10.6 Å². The third kappa shape index (κ3) is 7.20. The molecule has 0 amide bonds. The molecular formula is C18H32IN5O2S. The van der Waals surface area contributed by atoms with Gasteiger partial charge in [0.1, 0.15) is 0 Å². The summed E-state index contributed by atoms with van der Waals surface area (Å²) in [5.41, 5.74) is 0.856. The van der Waals surface area contributed by atoms with Crippen LogP contribution in [0.5, 0.6) is 0 Å². The molecule has 1 aliphatic heterocycles. The fourth-order valence-electron chi connectivity index (χ4n) is 3.20. The number of aliphatic imine (C=N–C) groups is 1. The predicted molar refractivity (Wildman–Crippen MR) is 121 cm³/mol. The highest BCUT2D eigenvalue weighted by Crippen LogP contribution is 2.15. The van der Waals surface area contributed by atoms with E-state index in [0.717, 1.165) is 31.2 Å². The van der Waals surface area contributed by atoms with Crippen molar-refractivity contribution in [2.75, 3.05) is 33.2 Å². The van der Waals surface area contributed by atoms with E-state index in [-0.39, 0.29) is 28.9 Å². The molecule has 3 N–H and O–H groups in total. The summed E-state index contributed by atoms with van der Waals surface area (Å²) in [4.78, 5) is 7.35. The van der Waals surface area contributed by atoms with Crippen LogP contribution in [0.3, 0.4) is 0 Å². The Kier molecular flexibility index (Phi) is 10.6. The van der Waals surface area contributed by atoms with Crippen LogP contribution in [-0.2, 0) is 16.6 Å². The lowest BCUT2D eigenvalue weighted by Crippen LogP contribution is -2.44. The van der Waals surface area contributed by atoms with Crippen LogP contribution in [-0.4, -0.2) is 58.5 Å². The van der Waals surface area contributed by atoms with Crippen LogP contribution >= 0.6 is 24.0 Å². The largest absolute Gasteiger partial charge is 0.357 e. The van der Waals surface area contributed by atoms with Gasteiger partial charge in [0.25, 0.3) is 0 Å². The van der Waals surface area contributed by atoms with Crippen LogP contribution in [0.25, 0.3) is 0 Å². The molecule has 1 aromatic rings. The Morgan fingerprint density at radius 1 is 1.30 bits per heavy atom. The molecule has 1 unspecified atom stereocenters. The molecule has 0 aromatic heterocycles. The molecular weight excluding hydrogens is 477 g/mol. The van der Waals surface area contributed by atoms with Crippen molar-refractivity contribution in [3.05, 3.63) is 29.8 Å². The minimum atomic E-state index is -3.44. The van der Waals surface area contributed by atoms with Gasteiger partial charge >= 0.3 is 0 Å². The molecule has 0 spiro atoms. The van der Waals surface area contributed by atoms with Gasteiger partial charge in [-0.15, -0.1) is 24.0 Å². The van der Waals surface area contributed by atoms with E-state index in [1.165, 1.54) is 26.4 Å². The Balaban J connectivity index is 0.00000364. The molecule has 0 radical (unpaired) electrons. The normalized spacial score (nSPS) is 18.2. The van der Waals surface area contributed by atoms with Crippen molar-refractivity contribution < 1.29 is 8.42 Å². The molecule has 0 bridgehead atoms. The van der Waals surface area contributed by atoms with Gasteiger partial charge in [0.15, 0.2) is 5.96 Å². The topological polar surface area (TPSA) is 85.8 Å². The van der Waals surface area contributed by atoms with Gasteiger partial charge in [-0.2, -0.15) is 0 Å². The zero-order valence-electron chi connectivity index (χ0n) is 16.4. The van der Waals surface area contributed by atoms with Crippen LogP contribution < -0.4 is 15.4 Å². The highest BCUT2D eigenvalue weighted by Gasteiger charge is 2.22. The van der Waals surface area contributed by atoms with E-state index >= 15 is 0 Å². The molecule has 27 heavy (non-hydrogen) atoms. The number of nitrogens with zero attached hydrogens (tertiary/aromatic N) is 2. The Hall–Kier alpha value is -0.910. The number of hydrogen-bond acceptors (Lipinski definition) is 4. The second-order valence-corrected chi connectivity index (χ2v) is 8.24. The van der Waals surface area contributed by atoms with Crippen molar-refractivity contribution >= 4 is 40.0 Å². The Morgan fingerprint density at radius 3 is 2.74 bits per heavy atom. The summed E-state index contributed by atoms with van der Waals surface area (Å²) in [7, 11) is -2.02.